The van der Waals surface area contributed by atoms with Gasteiger partial charge in [0.25, 0.3) is 0 Å². The SMILES string of the molecule is Cc1ccc(C2CC(C)N(CCCC(=O)NC(N)=O)C2)cc1. The largest absolute Gasteiger partial charge is 0.351 e. The molecule has 0 saturated carbocycles. The molecule has 0 bridgehead atoms. The van der Waals surface area contributed by atoms with Crippen LogP contribution >= 0.6 is 0 Å². The van der Waals surface area contributed by atoms with Crippen LogP contribution in [0.5, 0.6) is 0 Å². The molecule has 1 saturated heterocycles. The van der Waals surface area contributed by atoms with Crippen molar-refractivity contribution in [3.63, 3.8) is 0 Å². The molecule has 22 heavy (non-hydrogen) atoms. The molecule has 2 atom stereocenters. The fraction of sp³-hybridized carbons (Fsp3) is 0.529. The Morgan fingerprint density at radius 1 is 1.32 bits per heavy atom. The van der Waals surface area contributed by atoms with Crippen molar-refractivity contribution in [3.8, 4) is 0 Å². The van der Waals surface area contributed by atoms with Crippen LogP contribution in [0.25, 0.3) is 0 Å². The van der Waals surface area contributed by atoms with Crippen LogP contribution < -0.4 is 11.1 Å². The van der Waals surface area contributed by atoms with Crippen molar-refractivity contribution in [2.45, 2.75) is 45.1 Å². The van der Waals surface area contributed by atoms with Crippen LogP contribution in [0.4, 0.5) is 4.79 Å². The van der Waals surface area contributed by atoms with Gasteiger partial charge >= 0.3 is 6.03 Å². The summed E-state index contributed by atoms with van der Waals surface area (Å²) in [5.74, 6) is 0.268. The molecule has 0 aromatic heterocycles. The molecule has 3 amide bonds. The number of nitrogens with one attached hydrogen (secondary N) is 1. The number of aryl methyl sites for hydroxylation is 1. The summed E-state index contributed by atoms with van der Waals surface area (Å²) in [6.45, 7) is 6.24. The van der Waals surface area contributed by atoms with E-state index in [9.17, 15) is 9.59 Å². The van der Waals surface area contributed by atoms with Crippen LogP contribution in [0.15, 0.2) is 24.3 Å². The van der Waals surface area contributed by atoms with Crippen molar-refractivity contribution < 1.29 is 9.59 Å². The molecule has 1 aliphatic rings. The van der Waals surface area contributed by atoms with Crippen LogP contribution in [0.1, 0.15) is 43.2 Å². The van der Waals surface area contributed by atoms with E-state index in [1.54, 1.807) is 0 Å². The highest BCUT2D eigenvalue weighted by atomic mass is 16.2. The minimum Gasteiger partial charge on any atom is -0.351 e. The number of nitrogens with two attached hydrogens (primary N) is 1. The number of carbonyl (C=O) groups is 2. The molecule has 0 aliphatic carbocycles. The molecule has 3 N–H and O–H groups in total. The van der Waals surface area contributed by atoms with E-state index in [0.29, 0.717) is 18.4 Å². The predicted octanol–water partition coefficient (Wildman–Crippen LogP) is 2.15. The number of benzene rings is 1. The third-order valence-electron chi connectivity index (χ3n) is 4.36. The number of nitrogens with zero attached hydrogens (tertiary/aromatic N) is 1. The molecule has 120 valence electrons. The van der Waals surface area contributed by atoms with Crippen molar-refractivity contribution in [2.75, 3.05) is 13.1 Å². The lowest BCUT2D eigenvalue weighted by Crippen LogP contribution is -2.35. The average Bonchev–Trinajstić information content (AvgIpc) is 2.80. The van der Waals surface area contributed by atoms with Gasteiger partial charge in [0.15, 0.2) is 0 Å². The zero-order valence-corrected chi connectivity index (χ0v) is 13.3. The Bertz CT molecular complexity index is 527. The smallest absolute Gasteiger partial charge is 0.318 e. The van der Waals surface area contributed by atoms with Crippen LogP contribution in [-0.4, -0.2) is 36.0 Å². The van der Waals surface area contributed by atoms with E-state index >= 15 is 0 Å². The molecule has 5 nitrogen and oxygen atoms in total. The molecule has 1 aromatic carbocycles. The number of primary amides is 1. The van der Waals surface area contributed by atoms with Crippen LogP contribution in [0.3, 0.4) is 0 Å². The van der Waals surface area contributed by atoms with Gasteiger partial charge < -0.3 is 10.6 Å². The fourth-order valence-electron chi connectivity index (χ4n) is 3.13. The van der Waals surface area contributed by atoms with Crippen LogP contribution in [0.2, 0.25) is 0 Å². The number of amides is 3. The molecule has 1 aromatic rings. The van der Waals surface area contributed by atoms with Crippen molar-refractivity contribution in [1.82, 2.24) is 10.2 Å². The zero-order valence-electron chi connectivity index (χ0n) is 13.3. The van der Waals surface area contributed by atoms with E-state index < -0.39 is 6.03 Å². The molecule has 5 heteroatoms. The summed E-state index contributed by atoms with van der Waals surface area (Å²) in [6.07, 6.45) is 2.22. The predicted molar refractivity (Wildman–Crippen MR) is 86.5 cm³/mol. The lowest BCUT2D eigenvalue weighted by atomic mass is 9.96. The number of rotatable bonds is 5. The Hall–Kier alpha value is -1.88. The van der Waals surface area contributed by atoms with Gasteiger partial charge in [-0.05, 0) is 44.7 Å². The first-order chi connectivity index (χ1) is 10.5. The second-order valence-electron chi connectivity index (χ2n) is 6.20. The summed E-state index contributed by atoms with van der Waals surface area (Å²) < 4.78 is 0. The van der Waals surface area contributed by atoms with Crippen LogP contribution in [0, 0.1) is 6.92 Å². The first-order valence-corrected chi connectivity index (χ1v) is 7.85. The Morgan fingerprint density at radius 3 is 2.64 bits per heavy atom. The van der Waals surface area contributed by atoms with Crippen molar-refractivity contribution in [1.29, 1.82) is 0 Å². The van der Waals surface area contributed by atoms with Crippen molar-refractivity contribution >= 4 is 11.9 Å². The molecule has 0 spiro atoms. The van der Waals surface area contributed by atoms with Gasteiger partial charge in [0.2, 0.25) is 5.91 Å². The number of hydrogen-bond donors (Lipinski definition) is 2. The number of urea groups is 1. The van der Waals surface area contributed by atoms with Gasteiger partial charge in [-0.2, -0.15) is 0 Å². The number of imide groups is 1. The lowest BCUT2D eigenvalue weighted by Gasteiger charge is -2.20. The number of carbonyl (C=O) groups excluding carboxylic acids is 2. The van der Waals surface area contributed by atoms with Crippen molar-refractivity contribution in [2.24, 2.45) is 5.73 Å². The average molecular weight is 303 g/mol. The van der Waals surface area contributed by atoms with E-state index in [1.165, 1.54) is 11.1 Å². The van der Waals surface area contributed by atoms with E-state index in [1.807, 2.05) is 0 Å². The number of likely N-dealkylation sites (tertiary alicyclic amines) is 1. The van der Waals surface area contributed by atoms with Gasteiger partial charge in [0, 0.05) is 19.0 Å². The van der Waals surface area contributed by atoms with Gasteiger partial charge in [0.1, 0.15) is 0 Å². The topological polar surface area (TPSA) is 75.4 Å². The Labute approximate surface area is 131 Å². The third-order valence-corrected chi connectivity index (χ3v) is 4.36. The highest BCUT2D eigenvalue weighted by Crippen LogP contribution is 2.31. The summed E-state index contributed by atoms with van der Waals surface area (Å²) in [5, 5.41) is 2.10. The second kappa shape index (κ2) is 7.40. The van der Waals surface area contributed by atoms with E-state index in [-0.39, 0.29) is 5.91 Å². The Kier molecular flexibility index (Phi) is 5.55. The lowest BCUT2D eigenvalue weighted by molar-refractivity contribution is -0.120. The maximum absolute atomic E-state index is 11.4. The van der Waals surface area contributed by atoms with E-state index in [0.717, 1.165) is 25.9 Å². The Morgan fingerprint density at radius 2 is 2.00 bits per heavy atom. The summed E-state index contributed by atoms with van der Waals surface area (Å²) in [5.41, 5.74) is 7.60. The molecule has 0 radical (unpaired) electrons. The molecular weight excluding hydrogens is 278 g/mol. The third kappa shape index (κ3) is 4.56. The normalized spacial score (nSPS) is 21.7. The van der Waals surface area contributed by atoms with Gasteiger partial charge in [-0.1, -0.05) is 29.8 Å². The van der Waals surface area contributed by atoms with Crippen LogP contribution in [-0.2, 0) is 4.79 Å². The molecule has 1 fully saturated rings. The second-order valence-corrected chi connectivity index (χ2v) is 6.20. The fourth-order valence-corrected chi connectivity index (χ4v) is 3.13. The molecule has 2 unspecified atom stereocenters. The summed E-state index contributed by atoms with van der Waals surface area (Å²) in [4.78, 5) is 24.4. The first kappa shape index (κ1) is 16.5. The molecule has 1 aliphatic heterocycles. The van der Waals surface area contributed by atoms with Gasteiger partial charge in [0.05, 0.1) is 0 Å². The Balaban J connectivity index is 1.80. The minimum absolute atomic E-state index is 0.297. The zero-order chi connectivity index (χ0) is 16.1. The van der Waals surface area contributed by atoms with Gasteiger partial charge in [-0.15, -0.1) is 0 Å². The monoisotopic (exact) mass is 303 g/mol. The standard InChI is InChI=1S/C17H25N3O2/c1-12-5-7-14(8-6-12)15-10-13(2)20(11-15)9-3-4-16(21)19-17(18)22/h5-8,13,15H,3-4,9-11H2,1-2H3,(H3,18,19,21,22). The highest BCUT2D eigenvalue weighted by Gasteiger charge is 2.29. The minimum atomic E-state index is -0.779. The number of hydrogen-bond acceptors (Lipinski definition) is 3. The van der Waals surface area contributed by atoms with Gasteiger partial charge in [-0.25, -0.2) is 4.79 Å². The van der Waals surface area contributed by atoms with Crippen molar-refractivity contribution in [3.05, 3.63) is 35.4 Å². The summed E-state index contributed by atoms with van der Waals surface area (Å²) in [7, 11) is 0. The van der Waals surface area contributed by atoms with E-state index in [2.05, 4.69) is 48.3 Å². The van der Waals surface area contributed by atoms with Gasteiger partial charge in [-0.3, -0.25) is 10.1 Å². The molecular formula is C17H25N3O2. The quantitative estimate of drug-likeness (QED) is 0.875. The molecule has 1 heterocycles. The maximum Gasteiger partial charge on any atom is 0.318 e. The maximum atomic E-state index is 11.4. The summed E-state index contributed by atoms with van der Waals surface area (Å²) in [6, 6.07) is 8.50. The summed E-state index contributed by atoms with van der Waals surface area (Å²) >= 11 is 0. The van der Waals surface area contributed by atoms with E-state index in [4.69, 9.17) is 5.73 Å². The highest BCUT2D eigenvalue weighted by molar-refractivity contribution is 5.93. The first-order valence-electron chi connectivity index (χ1n) is 7.85. The molecule has 2 rings (SSSR count).